The van der Waals surface area contributed by atoms with Crippen LogP contribution in [0, 0.1) is 0 Å². The van der Waals surface area contributed by atoms with Crippen LogP contribution in [0.25, 0.3) is 0 Å². The first-order valence-electron chi connectivity index (χ1n) is 7.10. The molecule has 20 heavy (non-hydrogen) atoms. The zero-order valence-corrected chi connectivity index (χ0v) is 12.4. The van der Waals surface area contributed by atoms with E-state index in [1.165, 1.54) is 0 Å². The van der Waals surface area contributed by atoms with Crippen molar-refractivity contribution in [3.8, 4) is 0 Å². The second kappa shape index (κ2) is 18.3. The molecule has 0 bridgehead atoms. The molecule has 0 aromatic rings. The van der Waals surface area contributed by atoms with Gasteiger partial charge in [-0.3, -0.25) is 4.79 Å². The summed E-state index contributed by atoms with van der Waals surface area (Å²) in [4.78, 5) is 9.94. The van der Waals surface area contributed by atoms with Crippen LogP contribution in [-0.2, 0) is 23.7 Å². The van der Waals surface area contributed by atoms with Gasteiger partial charge in [0.25, 0.3) is 0 Å². The molecule has 0 saturated carbocycles. The first kappa shape index (κ1) is 19.3. The Kier molecular flexibility index (Phi) is 17.6. The van der Waals surface area contributed by atoms with Crippen molar-refractivity contribution in [2.75, 3.05) is 72.5 Å². The van der Waals surface area contributed by atoms with Crippen LogP contribution in [-0.4, -0.2) is 78.9 Å². The minimum Gasteiger partial charge on any atom is -0.378 e. The Morgan fingerprint density at radius 3 is 1.65 bits per heavy atom. The summed E-state index contributed by atoms with van der Waals surface area (Å²) in [7, 11) is 0. The van der Waals surface area contributed by atoms with E-state index < -0.39 is 0 Å². The van der Waals surface area contributed by atoms with E-state index in [0.717, 1.165) is 13.1 Å². The maximum atomic E-state index is 9.94. The fraction of sp³-hybridized carbons (Fsp3) is 0.923. The number of carbonyl (C=O) groups excluding carboxylic acids is 1. The fourth-order valence-electron chi connectivity index (χ4n) is 1.27. The number of carbonyl (C=O) groups is 1. The lowest BCUT2D eigenvalue weighted by Crippen LogP contribution is -2.20. The highest BCUT2D eigenvalue weighted by molar-refractivity contribution is 5.45. The Morgan fingerprint density at radius 1 is 0.750 bits per heavy atom. The van der Waals surface area contributed by atoms with Crippen molar-refractivity contribution in [3.63, 3.8) is 0 Å². The molecule has 7 heteroatoms. The molecule has 0 aliphatic rings. The van der Waals surface area contributed by atoms with Crippen LogP contribution >= 0.6 is 0 Å². The Morgan fingerprint density at radius 2 is 1.20 bits per heavy atom. The molecule has 0 radical (unpaired) electrons. The highest BCUT2D eigenvalue weighted by Gasteiger charge is 1.92. The third-order valence-corrected chi connectivity index (χ3v) is 2.26. The lowest BCUT2D eigenvalue weighted by atomic mass is 10.6. The Hall–Kier alpha value is -0.730. The number of amides is 1. The average molecular weight is 292 g/mol. The molecule has 0 heterocycles. The van der Waals surface area contributed by atoms with Crippen LogP contribution in [0.3, 0.4) is 0 Å². The molecule has 0 fully saturated rings. The van der Waals surface area contributed by atoms with E-state index in [2.05, 4.69) is 17.6 Å². The first-order valence-corrected chi connectivity index (χ1v) is 7.10. The summed E-state index contributed by atoms with van der Waals surface area (Å²) < 4.78 is 21.2. The fourth-order valence-corrected chi connectivity index (χ4v) is 1.27. The number of rotatable bonds is 17. The predicted octanol–water partition coefficient (Wildman–Crippen LogP) is -0.592. The van der Waals surface area contributed by atoms with E-state index in [0.29, 0.717) is 65.8 Å². The molecular formula is C13H28N2O5. The van der Waals surface area contributed by atoms with Gasteiger partial charge in [0.1, 0.15) is 0 Å². The monoisotopic (exact) mass is 292 g/mol. The van der Waals surface area contributed by atoms with Crippen molar-refractivity contribution in [1.82, 2.24) is 10.6 Å². The second-order valence-corrected chi connectivity index (χ2v) is 3.88. The van der Waals surface area contributed by atoms with E-state index in [-0.39, 0.29) is 0 Å². The summed E-state index contributed by atoms with van der Waals surface area (Å²) in [6.07, 6.45) is 0.654. The topological polar surface area (TPSA) is 78.1 Å². The van der Waals surface area contributed by atoms with Crippen molar-refractivity contribution in [3.05, 3.63) is 0 Å². The maximum Gasteiger partial charge on any atom is 0.207 e. The summed E-state index contributed by atoms with van der Waals surface area (Å²) in [5.74, 6) is 0. The summed E-state index contributed by atoms with van der Waals surface area (Å²) in [6.45, 7) is 9.01. The van der Waals surface area contributed by atoms with Gasteiger partial charge in [-0.15, -0.1) is 0 Å². The third kappa shape index (κ3) is 17.3. The zero-order chi connectivity index (χ0) is 14.7. The van der Waals surface area contributed by atoms with Crippen LogP contribution in [0.4, 0.5) is 0 Å². The van der Waals surface area contributed by atoms with Crippen molar-refractivity contribution in [2.24, 2.45) is 0 Å². The van der Waals surface area contributed by atoms with Crippen LogP contribution in [0.1, 0.15) is 6.92 Å². The minimum absolute atomic E-state index is 0.503. The molecule has 120 valence electrons. The molecule has 0 rings (SSSR count). The van der Waals surface area contributed by atoms with Gasteiger partial charge in [-0.1, -0.05) is 6.92 Å². The van der Waals surface area contributed by atoms with Gasteiger partial charge in [0.05, 0.1) is 52.9 Å². The van der Waals surface area contributed by atoms with Crippen LogP contribution in [0.5, 0.6) is 0 Å². The SMILES string of the molecule is CCNCCOCCOCCOCCOCCNC=O. The molecule has 0 aliphatic heterocycles. The maximum absolute atomic E-state index is 9.94. The van der Waals surface area contributed by atoms with Crippen molar-refractivity contribution in [2.45, 2.75) is 6.92 Å². The van der Waals surface area contributed by atoms with Gasteiger partial charge in [0, 0.05) is 13.1 Å². The molecule has 2 N–H and O–H groups in total. The highest BCUT2D eigenvalue weighted by atomic mass is 16.6. The smallest absolute Gasteiger partial charge is 0.207 e. The largest absolute Gasteiger partial charge is 0.378 e. The predicted molar refractivity (Wildman–Crippen MR) is 75.9 cm³/mol. The molecular weight excluding hydrogens is 264 g/mol. The summed E-state index contributed by atoms with van der Waals surface area (Å²) >= 11 is 0. The van der Waals surface area contributed by atoms with E-state index >= 15 is 0 Å². The Bertz CT molecular complexity index is 196. The molecule has 1 amide bonds. The van der Waals surface area contributed by atoms with Crippen LogP contribution < -0.4 is 10.6 Å². The van der Waals surface area contributed by atoms with Gasteiger partial charge in [0.2, 0.25) is 6.41 Å². The molecule has 0 atom stereocenters. The van der Waals surface area contributed by atoms with Crippen molar-refractivity contribution in [1.29, 1.82) is 0 Å². The number of nitrogens with one attached hydrogen (secondary N) is 2. The second-order valence-electron chi connectivity index (χ2n) is 3.88. The molecule has 0 unspecified atom stereocenters. The van der Waals surface area contributed by atoms with Crippen molar-refractivity contribution < 1.29 is 23.7 Å². The van der Waals surface area contributed by atoms with Crippen LogP contribution in [0.2, 0.25) is 0 Å². The molecule has 0 aliphatic carbocycles. The minimum atomic E-state index is 0.503. The molecule has 0 aromatic heterocycles. The Labute approximate surface area is 121 Å². The first-order chi connectivity index (χ1) is 9.91. The van der Waals surface area contributed by atoms with Crippen molar-refractivity contribution >= 4 is 6.41 Å². The van der Waals surface area contributed by atoms with Gasteiger partial charge in [-0.05, 0) is 6.54 Å². The van der Waals surface area contributed by atoms with E-state index in [1.54, 1.807) is 0 Å². The van der Waals surface area contributed by atoms with Gasteiger partial charge in [-0.25, -0.2) is 0 Å². The molecule has 0 saturated heterocycles. The van der Waals surface area contributed by atoms with Gasteiger partial charge in [0.15, 0.2) is 0 Å². The normalized spacial score (nSPS) is 10.7. The summed E-state index contributed by atoms with van der Waals surface area (Å²) in [6, 6.07) is 0. The number of ether oxygens (including phenoxy) is 4. The summed E-state index contributed by atoms with van der Waals surface area (Å²) in [5, 5.41) is 5.69. The molecule has 7 nitrogen and oxygen atoms in total. The standard InChI is InChI=1S/C13H28N2O5/c1-2-14-3-5-17-7-9-19-11-12-20-10-8-18-6-4-15-13-16/h13-14H,2-12H2,1H3,(H,15,16). The molecule has 0 spiro atoms. The number of likely N-dealkylation sites (N-methyl/N-ethyl adjacent to an activating group) is 1. The Balaban J connectivity index is 2.90. The highest BCUT2D eigenvalue weighted by Crippen LogP contribution is 1.82. The lowest BCUT2D eigenvalue weighted by molar-refractivity contribution is -0.109. The quantitative estimate of drug-likeness (QED) is 0.276. The van der Waals surface area contributed by atoms with E-state index in [9.17, 15) is 4.79 Å². The van der Waals surface area contributed by atoms with Gasteiger partial charge >= 0.3 is 0 Å². The number of hydrogen-bond acceptors (Lipinski definition) is 6. The summed E-state index contributed by atoms with van der Waals surface area (Å²) in [5.41, 5.74) is 0. The average Bonchev–Trinajstić information content (AvgIpc) is 2.47. The third-order valence-electron chi connectivity index (χ3n) is 2.26. The van der Waals surface area contributed by atoms with E-state index in [4.69, 9.17) is 18.9 Å². The van der Waals surface area contributed by atoms with Gasteiger partial charge in [-0.2, -0.15) is 0 Å². The zero-order valence-electron chi connectivity index (χ0n) is 12.4. The number of hydrogen-bond donors (Lipinski definition) is 2. The molecule has 0 aromatic carbocycles. The lowest BCUT2D eigenvalue weighted by Gasteiger charge is -2.07. The van der Waals surface area contributed by atoms with Gasteiger partial charge < -0.3 is 29.6 Å². The van der Waals surface area contributed by atoms with Crippen LogP contribution in [0.15, 0.2) is 0 Å². The van der Waals surface area contributed by atoms with E-state index in [1.807, 2.05) is 0 Å².